The number of fused-ring (bicyclic) bond motifs is 1. The Morgan fingerprint density at radius 2 is 1.91 bits per heavy atom. The van der Waals surface area contributed by atoms with Crippen molar-refractivity contribution in [2.24, 2.45) is 6.98 Å². The van der Waals surface area contributed by atoms with Gasteiger partial charge < -0.3 is 4.74 Å². The molecule has 3 heterocycles. The Hall–Kier alpha value is -2.53. The number of alkyl halides is 2. The molecule has 0 amide bonds. The molecule has 2 aliphatic rings. The first-order valence-electron chi connectivity index (χ1n) is 16.2. The predicted octanol–water partition coefficient (Wildman–Crippen LogP) is 4.57. The van der Waals surface area contributed by atoms with Gasteiger partial charge in [0, 0.05) is 40.9 Å². The summed E-state index contributed by atoms with van der Waals surface area (Å²) in [5.74, 6) is 0.703. The highest BCUT2D eigenvalue weighted by Crippen LogP contribution is 2.46. The number of sulfonamides is 2. The first kappa shape index (κ1) is 31.7. The number of nitriles is 1. The second-order valence-electron chi connectivity index (χ2n) is 12.6. The van der Waals surface area contributed by atoms with Crippen LogP contribution in [0.25, 0.3) is 27.2 Å². The Kier molecular flexibility index (Phi) is 8.82. The van der Waals surface area contributed by atoms with Gasteiger partial charge in [0.15, 0.2) is 10.0 Å². The van der Waals surface area contributed by atoms with Crippen molar-refractivity contribution >= 4 is 57.9 Å². The largest absolute Gasteiger partial charge is 0.364 e. The topological polar surface area (TPSA) is 151 Å². The second kappa shape index (κ2) is 13.1. The molecule has 3 aromatic rings. The fraction of sp³-hybridized carbons (Fsp3) is 0.586. The van der Waals surface area contributed by atoms with Gasteiger partial charge >= 0.3 is 0 Å². The van der Waals surface area contributed by atoms with E-state index >= 15 is 0 Å². The second-order valence-corrected chi connectivity index (χ2v) is 22.6. The molecule has 0 radical (unpaired) electrons. The zero-order chi connectivity index (χ0) is 37.0. The van der Waals surface area contributed by atoms with E-state index < -0.39 is 66.0 Å². The molecule has 258 valence electrons. The molecular weight excluding hydrogens is 693 g/mol. The Morgan fingerprint density at radius 3 is 2.45 bits per heavy atom. The lowest BCUT2D eigenvalue weighted by Crippen LogP contribution is -2.43. The summed E-state index contributed by atoms with van der Waals surface area (Å²) in [6, 6.07) is 4.63. The summed E-state index contributed by atoms with van der Waals surface area (Å²) in [4.78, 5) is -0.311. The number of nitrogens with zero attached hydrogens (tertiary/aromatic N) is 7. The van der Waals surface area contributed by atoms with Crippen LogP contribution in [-0.2, 0) is 31.8 Å². The summed E-state index contributed by atoms with van der Waals surface area (Å²) in [6.07, 6.45) is 5.57. The fourth-order valence-corrected chi connectivity index (χ4v) is 9.38. The number of hydrogen-bond donors (Lipinski definition) is 0. The van der Waals surface area contributed by atoms with Crippen molar-refractivity contribution in [2.75, 3.05) is 50.9 Å². The molecule has 12 nitrogen and oxygen atoms in total. The fourth-order valence-electron chi connectivity index (χ4n) is 5.16. The molecule has 1 aliphatic carbocycles. The van der Waals surface area contributed by atoms with E-state index in [2.05, 4.69) is 40.1 Å². The maximum Gasteiger partial charge on any atom is 0.291 e. The Balaban J connectivity index is 1.73. The summed E-state index contributed by atoms with van der Waals surface area (Å²) in [5.41, 5.74) is -0.930. The van der Waals surface area contributed by atoms with E-state index in [1.807, 2.05) is 0 Å². The number of hydrogen-bond acceptors (Lipinski definition) is 10. The van der Waals surface area contributed by atoms with Crippen LogP contribution in [0.4, 0.5) is 8.78 Å². The van der Waals surface area contributed by atoms with Gasteiger partial charge in [-0.25, -0.2) is 35.6 Å². The van der Waals surface area contributed by atoms with Crippen molar-refractivity contribution in [3.8, 4) is 16.8 Å². The summed E-state index contributed by atoms with van der Waals surface area (Å²) in [5, 5.41) is 20.2. The zero-order valence-electron chi connectivity index (χ0n) is 29.6. The van der Waals surface area contributed by atoms with Gasteiger partial charge in [0.1, 0.15) is 18.0 Å². The van der Waals surface area contributed by atoms with Gasteiger partial charge in [0.2, 0.25) is 20.0 Å². The highest BCUT2D eigenvalue weighted by molar-refractivity contribution is 8.32. The van der Waals surface area contributed by atoms with Crippen LogP contribution in [-0.4, -0.2) is 107 Å². The van der Waals surface area contributed by atoms with E-state index in [0.717, 1.165) is 8.99 Å². The van der Waals surface area contributed by atoms with Crippen molar-refractivity contribution in [3.63, 3.8) is 0 Å². The van der Waals surface area contributed by atoms with Gasteiger partial charge in [-0.15, -0.1) is 10.2 Å². The average Bonchev–Trinajstić information content (AvgIpc) is 3.45. The smallest absolute Gasteiger partial charge is 0.291 e. The van der Waals surface area contributed by atoms with Gasteiger partial charge in [0.05, 0.1) is 28.3 Å². The molecule has 1 aliphatic heterocycles. The van der Waals surface area contributed by atoms with Crippen LogP contribution in [0, 0.1) is 11.3 Å². The van der Waals surface area contributed by atoms with E-state index in [4.69, 9.17) is 8.85 Å². The Morgan fingerprint density at radius 1 is 1.19 bits per heavy atom. The summed E-state index contributed by atoms with van der Waals surface area (Å²) in [6.45, 7) is 0.0631. The molecule has 5 rings (SSSR count). The van der Waals surface area contributed by atoms with Crippen LogP contribution in [0.3, 0.4) is 0 Å². The van der Waals surface area contributed by atoms with E-state index in [1.165, 1.54) is 16.4 Å². The van der Waals surface area contributed by atoms with E-state index in [1.54, 1.807) is 19.9 Å². The van der Waals surface area contributed by atoms with Gasteiger partial charge in [-0.3, -0.25) is 4.68 Å². The van der Waals surface area contributed by atoms with Crippen LogP contribution in [0.5, 0.6) is 0 Å². The average molecular weight is 735 g/mol. The maximum absolute atomic E-state index is 14.6. The zero-order valence-corrected chi connectivity index (χ0v) is 29.9. The standard InChI is InChI=1S/C29H39F2N7O5S4/c1-19(2)46(39,40)37-11-7-20(8-12-37)22-15-21(16-23-24(35-36(3)25(22)23)27-33-34-28(44-27)26(30)31)47(41,42)38(29(17-32)9-10-29)18-43-13-14-45(4,5)6/h7,15-16,19,26H,8-14,18H2,1-6H3/i3D3. The van der Waals surface area contributed by atoms with Crippen LogP contribution in [0.1, 0.15) is 54.2 Å². The molecule has 0 unspecified atom stereocenters. The van der Waals surface area contributed by atoms with E-state index in [-0.39, 0.29) is 71.0 Å². The number of halogens is 2. The number of benzene rings is 1. The lowest BCUT2D eigenvalue weighted by atomic mass is 9.97. The number of aryl methyl sites for hydroxylation is 1. The summed E-state index contributed by atoms with van der Waals surface area (Å²) in [7, 11) is -9.12. The number of aromatic nitrogens is 4. The van der Waals surface area contributed by atoms with E-state index in [9.17, 15) is 30.9 Å². The van der Waals surface area contributed by atoms with Gasteiger partial charge in [-0.2, -0.15) is 19.0 Å². The number of ether oxygens (including phenoxy) is 1. The molecule has 1 saturated carbocycles. The summed E-state index contributed by atoms with van der Waals surface area (Å²) >= 11 is 0.492. The quantitative estimate of drug-likeness (QED) is 0.182. The van der Waals surface area contributed by atoms with Crippen LogP contribution in [0.15, 0.2) is 23.1 Å². The summed E-state index contributed by atoms with van der Waals surface area (Å²) < 4.78 is 116. The highest BCUT2D eigenvalue weighted by atomic mass is 32.3. The third kappa shape index (κ3) is 7.12. The Bertz CT molecular complexity index is 2070. The molecular formula is C29H39F2N7O5S4. The van der Waals surface area contributed by atoms with E-state index in [0.29, 0.717) is 22.7 Å². The van der Waals surface area contributed by atoms with Crippen molar-refractivity contribution in [2.45, 2.75) is 55.2 Å². The van der Waals surface area contributed by atoms with Crippen LogP contribution >= 0.6 is 21.4 Å². The maximum atomic E-state index is 14.6. The molecule has 0 spiro atoms. The van der Waals surface area contributed by atoms with Gasteiger partial charge in [-0.05, 0) is 69.6 Å². The molecule has 0 atom stereocenters. The monoisotopic (exact) mass is 734 g/mol. The van der Waals surface area contributed by atoms with Crippen molar-refractivity contribution in [1.82, 2.24) is 28.6 Å². The third-order valence-electron chi connectivity index (χ3n) is 8.10. The molecule has 0 N–H and O–H groups in total. The minimum absolute atomic E-state index is 0.00805. The first-order chi connectivity index (χ1) is 23.1. The molecule has 47 heavy (non-hydrogen) atoms. The third-order valence-corrected chi connectivity index (χ3v) is 14.5. The normalized spacial score (nSPS) is 19.1. The molecule has 18 heteroatoms. The molecule has 1 aromatic carbocycles. The molecule has 0 saturated heterocycles. The van der Waals surface area contributed by atoms with Crippen molar-refractivity contribution < 1.29 is 34.5 Å². The molecule has 1 fully saturated rings. The SMILES string of the molecule is [2H]C([2H])([2H])n1nc(-c2nnc(C(F)F)s2)c2cc(S(=O)(=O)N(COCCS(C)(C)C)C3(C#N)CC3)cc(C3=CCN(S(=O)(=O)C(C)C)CC3)c21. The lowest BCUT2D eigenvalue weighted by molar-refractivity contribution is 0.0679. The molecule has 0 bridgehead atoms. The van der Waals surface area contributed by atoms with Crippen molar-refractivity contribution in [1.29, 1.82) is 5.26 Å². The van der Waals surface area contributed by atoms with Crippen LogP contribution in [0.2, 0.25) is 0 Å². The van der Waals surface area contributed by atoms with Gasteiger partial charge in [0.25, 0.3) is 6.43 Å². The lowest BCUT2D eigenvalue weighted by Gasteiger charge is -2.29. The van der Waals surface area contributed by atoms with Crippen molar-refractivity contribution in [3.05, 3.63) is 28.8 Å². The minimum Gasteiger partial charge on any atom is -0.364 e. The minimum atomic E-state index is -4.53. The molecule has 2 aromatic heterocycles. The predicted molar refractivity (Wildman–Crippen MR) is 180 cm³/mol. The first-order valence-corrected chi connectivity index (χ1v) is 21.5. The number of rotatable bonds is 13. The highest BCUT2D eigenvalue weighted by Gasteiger charge is 2.54. The Labute approximate surface area is 284 Å². The van der Waals surface area contributed by atoms with Crippen LogP contribution < -0.4 is 0 Å². The van der Waals surface area contributed by atoms with Gasteiger partial charge in [-0.1, -0.05) is 17.4 Å².